The van der Waals surface area contributed by atoms with Crippen molar-refractivity contribution in [2.24, 2.45) is 0 Å². The van der Waals surface area contributed by atoms with Crippen LogP contribution in [0.4, 0.5) is 13.2 Å². The summed E-state index contributed by atoms with van der Waals surface area (Å²) in [4.78, 5) is 11.7. The molecule has 0 aliphatic rings. The number of benzene rings is 1. The van der Waals surface area contributed by atoms with E-state index in [2.05, 4.69) is 22.5 Å². The minimum absolute atomic E-state index is 0.0635. The fourth-order valence-corrected chi connectivity index (χ4v) is 1.86. The van der Waals surface area contributed by atoms with E-state index in [0.717, 1.165) is 11.6 Å². The number of ketones is 1. The van der Waals surface area contributed by atoms with Crippen molar-refractivity contribution in [2.75, 3.05) is 0 Å². The second-order valence-electron chi connectivity index (χ2n) is 4.07. The fraction of sp³-hybridized carbons (Fsp3) is 0.308. The third-order valence-electron chi connectivity index (χ3n) is 2.37. The van der Waals surface area contributed by atoms with Crippen LogP contribution in [-0.4, -0.2) is 5.78 Å². The lowest BCUT2D eigenvalue weighted by molar-refractivity contribution is -0.138. The molecule has 0 bridgehead atoms. The van der Waals surface area contributed by atoms with Gasteiger partial charge in [0.2, 0.25) is 0 Å². The maximum absolute atomic E-state index is 12.7. The molecule has 0 saturated heterocycles. The van der Waals surface area contributed by atoms with Gasteiger partial charge in [-0.2, -0.15) is 13.2 Å². The monoisotopic (exact) mass is 320 g/mol. The van der Waals surface area contributed by atoms with Crippen LogP contribution in [0.25, 0.3) is 0 Å². The average molecular weight is 321 g/mol. The second kappa shape index (κ2) is 5.69. The Morgan fingerprint density at radius 1 is 1.33 bits per heavy atom. The largest absolute Gasteiger partial charge is 0.417 e. The summed E-state index contributed by atoms with van der Waals surface area (Å²) in [7, 11) is 0. The molecule has 0 aliphatic carbocycles. The van der Waals surface area contributed by atoms with Crippen molar-refractivity contribution < 1.29 is 18.0 Å². The molecule has 0 N–H and O–H groups in total. The number of rotatable bonds is 4. The van der Waals surface area contributed by atoms with Crippen molar-refractivity contribution in [3.8, 4) is 0 Å². The molecule has 1 rings (SSSR count). The summed E-state index contributed by atoms with van der Waals surface area (Å²) in [6.45, 7) is 5.43. The first-order valence-corrected chi connectivity index (χ1v) is 6.05. The summed E-state index contributed by atoms with van der Waals surface area (Å²) >= 11 is 2.83. The highest BCUT2D eigenvalue weighted by atomic mass is 79.9. The molecule has 0 saturated carbocycles. The summed E-state index contributed by atoms with van der Waals surface area (Å²) in [6, 6.07) is 3.52. The first-order chi connectivity index (χ1) is 8.21. The Kier molecular flexibility index (Phi) is 4.73. The number of hydrogen-bond acceptors (Lipinski definition) is 1. The molecular weight excluding hydrogens is 309 g/mol. The van der Waals surface area contributed by atoms with Gasteiger partial charge in [0.15, 0.2) is 5.78 Å². The zero-order chi connectivity index (χ0) is 13.9. The quantitative estimate of drug-likeness (QED) is 0.563. The zero-order valence-corrected chi connectivity index (χ0v) is 11.4. The van der Waals surface area contributed by atoms with Crippen molar-refractivity contribution in [2.45, 2.75) is 25.9 Å². The van der Waals surface area contributed by atoms with E-state index < -0.39 is 11.7 Å². The van der Waals surface area contributed by atoms with Gasteiger partial charge in [0.1, 0.15) is 0 Å². The third kappa shape index (κ3) is 3.98. The lowest BCUT2D eigenvalue weighted by Crippen LogP contribution is -2.08. The van der Waals surface area contributed by atoms with E-state index in [4.69, 9.17) is 0 Å². The molecule has 0 atom stereocenters. The first-order valence-electron chi connectivity index (χ1n) is 5.26. The summed E-state index contributed by atoms with van der Waals surface area (Å²) in [5.41, 5.74) is 0.0759. The van der Waals surface area contributed by atoms with Crippen LogP contribution >= 0.6 is 15.9 Å². The van der Waals surface area contributed by atoms with Crippen molar-refractivity contribution >= 4 is 21.7 Å². The molecule has 0 fully saturated rings. The van der Waals surface area contributed by atoms with Crippen molar-refractivity contribution in [1.29, 1.82) is 0 Å². The Morgan fingerprint density at radius 2 is 1.94 bits per heavy atom. The molecule has 0 aliphatic heterocycles. The first kappa shape index (κ1) is 15.0. The molecule has 0 amide bonds. The van der Waals surface area contributed by atoms with Crippen LogP contribution in [0.3, 0.4) is 0 Å². The van der Waals surface area contributed by atoms with Gasteiger partial charge in [-0.1, -0.05) is 27.6 Å². The number of carbonyl (C=O) groups excluding carboxylic acids is 1. The van der Waals surface area contributed by atoms with Crippen LogP contribution < -0.4 is 0 Å². The van der Waals surface area contributed by atoms with E-state index in [9.17, 15) is 18.0 Å². The highest BCUT2D eigenvalue weighted by molar-refractivity contribution is 9.10. The molecule has 18 heavy (non-hydrogen) atoms. The normalized spacial score (nSPS) is 11.4. The standard InChI is InChI=1S/C13H12BrF3O/c1-8(2)3-6-12(18)9-4-5-11(14)10(7-9)13(15,16)17/h4-5,7H,1,3,6H2,2H3. The van der Waals surface area contributed by atoms with E-state index in [1.54, 1.807) is 6.92 Å². The van der Waals surface area contributed by atoms with Gasteiger partial charge in [0.05, 0.1) is 5.56 Å². The molecule has 98 valence electrons. The SMILES string of the molecule is C=C(C)CCC(=O)c1ccc(Br)c(C(F)(F)F)c1. The zero-order valence-electron chi connectivity index (χ0n) is 9.77. The summed E-state index contributed by atoms with van der Waals surface area (Å²) in [5.74, 6) is -0.309. The van der Waals surface area contributed by atoms with Gasteiger partial charge in [-0.3, -0.25) is 4.79 Å². The van der Waals surface area contributed by atoms with E-state index in [1.807, 2.05) is 0 Å². The maximum atomic E-state index is 12.7. The van der Waals surface area contributed by atoms with E-state index >= 15 is 0 Å². The molecule has 0 heterocycles. The Bertz CT molecular complexity index is 478. The molecule has 0 aromatic heterocycles. The Labute approximate surface area is 112 Å². The summed E-state index contributed by atoms with van der Waals surface area (Å²) in [5, 5.41) is 0. The lowest BCUT2D eigenvalue weighted by atomic mass is 10.0. The van der Waals surface area contributed by atoms with Crippen molar-refractivity contribution in [1.82, 2.24) is 0 Å². The van der Waals surface area contributed by atoms with Crippen LogP contribution in [0.15, 0.2) is 34.8 Å². The number of alkyl halides is 3. The maximum Gasteiger partial charge on any atom is 0.417 e. The van der Waals surface area contributed by atoms with Gasteiger partial charge in [0, 0.05) is 16.5 Å². The lowest BCUT2D eigenvalue weighted by Gasteiger charge is -2.10. The Hall–Kier alpha value is -1.10. The average Bonchev–Trinajstić information content (AvgIpc) is 2.24. The Morgan fingerprint density at radius 3 is 2.44 bits per heavy atom. The van der Waals surface area contributed by atoms with E-state index in [0.29, 0.717) is 6.42 Å². The predicted molar refractivity (Wildman–Crippen MR) is 67.5 cm³/mol. The molecule has 5 heteroatoms. The highest BCUT2D eigenvalue weighted by Crippen LogP contribution is 2.35. The number of carbonyl (C=O) groups is 1. The van der Waals surface area contributed by atoms with E-state index in [1.165, 1.54) is 12.1 Å². The molecule has 1 nitrogen and oxygen atoms in total. The van der Waals surface area contributed by atoms with Gasteiger partial charge in [0.25, 0.3) is 0 Å². The molecule has 0 radical (unpaired) electrons. The second-order valence-corrected chi connectivity index (χ2v) is 4.93. The molecule has 1 aromatic rings. The highest BCUT2D eigenvalue weighted by Gasteiger charge is 2.33. The topological polar surface area (TPSA) is 17.1 Å². The minimum Gasteiger partial charge on any atom is -0.294 e. The molecule has 0 spiro atoms. The number of halogens is 4. The van der Waals surface area contributed by atoms with Crippen LogP contribution in [0.1, 0.15) is 35.7 Å². The van der Waals surface area contributed by atoms with Gasteiger partial charge in [-0.05, 0) is 25.5 Å². The third-order valence-corrected chi connectivity index (χ3v) is 3.06. The number of hydrogen-bond donors (Lipinski definition) is 0. The van der Waals surface area contributed by atoms with Crippen molar-refractivity contribution in [3.63, 3.8) is 0 Å². The minimum atomic E-state index is -4.47. The van der Waals surface area contributed by atoms with Gasteiger partial charge >= 0.3 is 6.18 Å². The smallest absolute Gasteiger partial charge is 0.294 e. The number of allylic oxidation sites excluding steroid dienone is 1. The van der Waals surface area contributed by atoms with Gasteiger partial charge in [-0.15, -0.1) is 6.58 Å². The Balaban J connectivity index is 2.98. The molecular formula is C13H12BrF3O. The summed E-state index contributed by atoms with van der Waals surface area (Å²) in [6.07, 6.45) is -3.81. The fourth-order valence-electron chi connectivity index (χ4n) is 1.39. The van der Waals surface area contributed by atoms with Crippen LogP contribution in [-0.2, 0) is 6.18 Å². The number of Topliss-reactive ketones (excluding diaryl/α,β-unsaturated/α-hetero) is 1. The molecule has 1 aromatic carbocycles. The van der Waals surface area contributed by atoms with Crippen LogP contribution in [0, 0.1) is 0 Å². The van der Waals surface area contributed by atoms with Crippen LogP contribution in [0.5, 0.6) is 0 Å². The molecule has 0 unspecified atom stereocenters. The summed E-state index contributed by atoms with van der Waals surface area (Å²) < 4.78 is 37.9. The van der Waals surface area contributed by atoms with Gasteiger partial charge < -0.3 is 0 Å². The van der Waals surface area contributed by atoms with E-state index in [-0.39, 0.29) is 22.2 Å². The van der Waals surface area contributed by atoms with Crippen LogP contribution in [0.2, 0.25) is 0 Å². The van der Waals surface area contributed by atoms with Gasteiger partial charge in [-0.25, -0.2) is 0 Å². The predicted octanol–water partition coefficient (Wildman–Crippen LogP) is 5.01. The van der Waals surface area contributed by atoms with Crippen molar-refractivity contribution in [3.05, 3.63) is 46.0 Å².